The molecule has 0 saturated heterocycles. The minimum Gasteiger partial charge on any atom is -0.376 e. The summed E-state index contributed by atoms with van der Waals surface area (Å²) in [5.74, 6) is 0.290. The summed E-state index contributed by atoms with van der Waals surface area (Å²) in [5, 5.41) is 0. The lowest BCUT2D eigenvalue weighted by Crippen LogP contribution is -2.02. The molecule has 0 aliphatic carbocycles. The Morgan fingerprint density at radius 1 is 1.43 bits per heavy atom. The van der Waals surface area contributed by atoms with Crippen molar-refractivity contribution in [2.45, 2.75) is 20.5 Å². The van der Waals surface area contributed by atoms with Gasteiger partial charge in [-0.3, -0.25) is 0 Å². The zero-order chi connectivity index (χ0) is 10.6. The summed E-state index contributed by atoms with van der Waals surface area (Å²) < 4.78 is 18.9. The summed E-state index contributed by atoms with van der Waals surface area (Å²) in [4.78, 5) is 0. The fourth-order valence-corrected chi connectivity index (χ4v) is 1.51. The molecule has 1 aromatic carbocycles. The first-order valence-electron chi connectivity index (χ1n) is 4.61. The van der Waals surface area contributed by atoms with Gasteiger partial charge in [0.2, 0.25) is 0 Å². The van der Waals surface area contributed by atoms with E-state index in [9.17, 15) is 4.39 Å². The Morgan fingerprint density at radius 3 is 2.71 bits per heavy atom. The molecule has 1 aromatic rings. The van der Waals surface area contributed by atoms with Crippen LogP contribution in [0.1, 0.15) is 19.4 Å². The van der Waals surface area contributed by atoms with Crippen LogP contribution in [0.25, 0.3) is 0 Å². The van der Waals surface area contributed by atoms with Gasteiger partial charge < -0.3 is 4.74 Å². The minimum atomic E-state index is -0.232. The molecule has 0 saturated carbocycles. The van der Waals surface area contributed by atoms with E-state index >= 15 is 0 Å². The summed E-state index contributed by atoms with van der Waals surface area (Å²) in [5.41, 5.74) is 0.979. The van der Waals surface area contributed by atoms with Crippen LogP contribution in [0, 0.1) is 11.7 Å². The summed E-state index contributed by atoms with van der Waals surface area (Å²) in [6.45, 7) is 5.45. The van der Waals surface area contributed by atoms with Gasteiger partial charge in [0.05, 0.1) is 6.61 Å². The molecule has 78 valence electrons. The van der Waals surface area contributed by atoms with Crippen molar-refractivity contribution < 1.29 is 9.13 Å². The summed E-state index contributed by atoms with van der Waals surface area (Å²) in [7, 11) is 0. The molecular weight excluding hydrogens is 247 g/mol. The molecule has 14 heavy (non-hydrogen) atoms. The highest BCUT2D eigenvalue weighted by molar-refractivity contribution is 9.10. The maximum Gasteiger partial charge on any atom is 0.124 e. The Balaban J connectivity index is 2.51. The monoisotopic (exact) mass is 260 g/mol. The van der Waals surface area contributed by atoms with Crippen LogP contribution < -0.4 is 0 Å². The van der Waals surface area contributed by atoms with Gasteiger partial charge in [0.25, 0.3) is 0 Å². The van der Waals surface area contributed by atoms with Crippen LogP contribution in [0.5, 0.6) is 0 Å². The number of benzene rings is 1. The van der Waals surface area contributed by atoms with E-state index in [1.165, 1.54) is 12.1 Å². The van der Waals surface area contributed by atoms with Crippen molar-refractivity contribution in [3.63, 3.8) is 0 Å². The third-order valence-corrected chi connectivity index (χ3v) is 2.46. The number of rotatable bonds is 4. The Kier molecular flexibility index (Phi) is 4.55. The van der Waals surface area contributed by atoms with E-state index in [1.54, 1.807) is 6.07 Å². The van der Waals surface area contributed by atoms with Crippen LogP contribution in [0.4, 0.5) is 4.39 Å². The zero-order valence-corrected chi connectivity index (χ0v) is 9.97. The average molecular weight is 261 g/mol. The second-order valence-electron chi connectivity index (χ2n) is 3.64. The maximum atomic E-state index is 12.7. The number of hydrogen-bond donors (Lipinski definition) is 0. The highest BCUT2D eigenvalue weighted by atomic mass is 79.9. The normalized spacial score (nSPS) is 10.9. The fourth-order valence-electron chi connectivity index (χ4n) is 1.04. The largest absolute Gasteiger partial charge is 0.376 e. The molecule has 1 nitrogen and oxygen atoms in total. The van der Waals surface area contributed by atoms with E-state index in [-0.39, 0.29) is 5.82 Å². The molecular formula is C11H14BrFO. The van der Waals surface area contributed by atoms with E-state index in [4.69, 9.17) is 4.74 Å². The number of ether oxygens (including phenoxy) is 1. The summed E-state index contributed by atoms with van der Waals surface area (Å²) >= 11 is 3.29. The van der Waals surface area contributed by atoms with Gasteiger partial charge in [0.1, 0.15) is 5.82 Å². The second-order valence-corrected chi connectivity index (χ2v) is 4.50. The van der Waals surface area contributed by atoms with Gasteiger partial charge >= 0.3 is 0 Å². The van der Waals surface area contributed by atoms with Crippen molar-refractivity contribution in [3.05, 3.63) is 34.1 Å². The van der Waals surface area contributed by atoms with Crippen molar-refractivity contribution in [2.75, 3.05) is 6.61 Å². The molecule has 0 bridgehead atoms. The molecule has 0 unspecified atom stereocenters. The summed E-state index contributed by atoms with van der Waals surface area (Å²) in [6.07, 6.45) is 0. The molecule has 3 heteroatoms. The van der Waals surface area contributed by atoms with Gasteiger partial charge in [-0.25, -0.2) is 4.39 Å². The minimum absolute atomic E-state index is 0.232. The topological polar surface area (TPSA) is 9.23 Å². The third kappa shape index (κ3) is 3.76. The van der Waals surface area contributed by atoms with Crippen molar-refractivity contribution in [1.29, 1.82) is 0 Å². The quantitative estimate of drug-likeness (QED) is 0.801. The van der Waals surface area contributed by atoms with E-state index in [2.05, 4.69) is 29.8 Å². The van der Waals surface area contributed by atoms with Gasteiger partial charge in [-0.1, -0.05) is 35.8 Å². The van der Waals surface area contributed by atoms with Gasteiger partial charge in [0.15, 0.2) is 0 Å². The lowest BCUT2D eigenvalue weighted by atomic mass is 10.2. The lowest BCUT2D eigenvalue weighted by Gasteiger charge is -2.08. The molecule has 0 radical (unpaired) electrons. The molecule has 0 aliphatic rings. The number of hydrogen-bond acceptors (Lipinski definition) is 1. The molecule has 0 atom stereocenters. The molecule has 0 fully saturated rings. The van der Waals surface area contributed by atoms with Crippen molar-refractivity contribution in [3.8, 4) is 0 Å². The predicted octanol–water partition coefficient (Wildman–Crippen LogP) is 3.76. The van der Waals surface area contributed by atoms with Crippen LogP contribution in [0.2, 0.25) is 0 Å². The third-order valence-electron chi connectivity index (χ3n) is 1.72. The Hall–Kier alpha value is -0.410. The SMILES string of the molecule is CC(C)COCc1ccc(F)cc1Br. The first-order chi connectivity index (χ1) is 6.59. The smallest absolute Gasteiger partial charge is 0.124 e. The van der Waals surface area contributed by atoms with Crippen molar-refractivity contribution >= 4 is 15.9 Å². The van der Waals surface area contributed by atoms with Crippen molar-refractivity contribution in [2.24, 2.45) is 5.92 Å². The molecule has 0 aliphatic heterocycles. The van der Waals surface area contributed by atoms with E-state index in [1.807, 2.05) is 0 Å². The first-order valence-corrected chi connectivity index (χ1v) is 5.40. The lowest BCUT2D eigenvalue weighted by molar-refractivity contribution is 0.0967. The van der Waals surface area contributed by atoms with Gasteiger partial charge in [-0.05, 0) is 23.6 Å². The van der Waals surface area contributed by atoms with Crippen LogP contribution in [0.15, 0.2) is 22.7 Å². The molecule has 0 N–H and O–H groups in total. The van der Waals surface area contributed by atoms with Gasteiger partial charge in [-0.2, -0.15) is 0 Å². The fraction of sp³-hybridized carbons (Fsp3) is 0.455. The second kappa shape index (κ2) is 5.47. The zero-order valence-electron chi connectivity index (χ0n) is 8.39. The predicted molar refractivity (Wildman–Crippen MR) is 58.6 cm³/mol. The van der Waals surface area contributed by atoms with E-state index < -0.39 is 0 Å². The van der Waals surface area contributed by atoms with Crippen molar-refractivity contribution in [1.82, 2.24) is 0 Å². The number of halogens is 2. The maximum absolute atomic E-state index is 12.7. The molecule has 0 amide bonds. The molecule has 0 aromatic heterocycles. The first kappa shape index (κ1) is 11.7. The highest BCUT2D eigenvalue weighted by Gasteiger charge is 2.02. The van der Waals surface area contributed by atoms with Crippen LogP contribution in [-0.2, 0) is 11.3 Å². The van der Waals surface area contributed by atoms with Crippen LogP contribution >= 0.6 is 15.9 Å². The Labute approximate surface area is 92.4 Å². The standard InChI is InChI=1S/C11H14BrFO/c1-8(2)6-14-7-9-3-4-10(13)5-11(9)12/h3-5,8H,6-7H2,1-2H3. The molecule has 0 spiro atoms. The summed E-state index contributed by atoms with van der Waals surface area (Å²) in [6, 6.07) is 4.63. The highest BCUT2D eigenvalue weighted by Crippen LogP contribution is 2.18. The van der Waals surface area contributed by atoms with Crippen LogP contribution in [0.3, 0.4) is 0 Å². The van der Waals surface area contributed by atoms with Crippen LogP contribution in [-0.4, -0.2) is 6.61 Å². The Bertz CT molecular complexity index is 299. The average Bonchev–Trinajstić information content (AvgIpc) is 2.08. The molecule has 0 heterocycles. The van der Waals surface area contributed by atoms with Gasteiger partial charge in [-0.15, -0.1) is 0 Å². The van der Waals surface area contributed by atoms with E-state index in [0.29, 0.717) is 12.5 Å². The Morgan fingerprint density at radius 2 is 2.14 bits per heavy atom. The molecule has 1 rings (SSSR count). The van der Waals surface area contributed by atoms with Gasteiger partial charge in [0, 0.05) is 11.1 Å². The van der Waals surface area contributed by atoms with E-state index in [0.717, 1.165) is 16.6 Å².